The second-order valence-corrected chi connectivity index (χ2v) is 16.3. The Morgan fingerprint density at radius 3 is 1.54 bits per heavy atom. The Morgan fingerprint density at radius 1 is 0.596 bits per heavy atom. The van der Waals surface area contributed by atoms with Crippen molar-refractivity contribution in [2.75, 3.05) is 37.8 Å². The first-order valence-corrected chi connectivity index (χ1v) is 20.3. The molecule has 0 amide bonds. The molecule has 0 aliphatic carbocycles. The van der Waals surface area contributed by atoms with Gasteiger partial charge in [0.2, 0.25) is 0 Å². The molecular formula is C46H45B2N4O4Pt-. The molecule has 1 fully saturated rings. The van der Waals surface area contributed by atoms with Gasteiger partial charge < -0.3 is 10.2 Å². The summed E-state index contributed by atoms with van der Waals surface area (Å²) >= 11 is 2.48. The number of para-hydroxylation sites is 4. The fourth-order valence-electron chi connectivity index (χ4n) is 8.04. The first kappa shape index (κ1) is 38.9. The van der Waals surface area contributed by atoms with Crippen molar-refractivity contribution in [1.82, 2.24) is 9.62 Å². The van der Waals surface area contributed by atoms with E-state index in [9.17, 15) is 0 Å². The van der Waals surface area contributed by atoms with Gasteiger partial charge in [-0.05, 0) is 20.3 Å². The Labute approximate surface area is 345 Å². The minimum absolute atomic E-state index is 0.0300. The molecule has 3 heterocycles. The summed E-state index contributed by atoms with van der Waals surface area (Å²) < 4.78 is 13.8. The number of anilines is 2. The SMILES string of the molecule is CC(O)CC(C)O.CN(C)B1B(N(C)C)N(c2ccc(-c3cccc4c3oc3ccccc34)cc2)[C](=[Pt])N1c1[c-]cc(-c2cccc3c2oc2ccccc23)cc1. The number of rotatable bonds is 8. The van der Waals surface area contributed by atoms with Crippen molar-refractivity contribution >= 4 is 73.1 Å². The number of aliphatic hydroxyl groups is 2. The summed E-state index contributed by atoms with van der Waals surface area (Å²) in [4.78, 5) is 9.40. The molecule has 0 radical (unpaired) electrons. The Hall–Kier alpha value is -4.95. The third kappa shape index (κ3) is 7.37. The molecule has 2 aromatic heterocycles. The van der Waals surface area contributed by atoms with E-state index >= 15 is 0 Å². The topological polar surface area (TPSA) is 79.7 Å². The van der Waals surface area contributed by atoms with E-state index in [1.54, 1.807) is 13.8 Å². The predicted octanol–water partition coefficient (Wildman–Crippen LogP) is 8.90. The van der Waals surface area contributed by atoms with Crippen molar-refractivity contribution in [2.45, 2.75) is 32.5 Å². The van der Waals surface area contributed by atoms with Crippen LogP contribution < -0.4 is 9.62 Å². The zero-order valence-electron chi connectivity index (χ0n) is 33.0. The molecule has 290 valence electrons. The van der Waals surface area contributed by atoms with Gasteiger partial charge in [0, 0.05) is 0 Å². The van der Waals surface area contributed by atoms with Gasteiger partial charge in [0.15, 0.2) is 0 Å². The number of fused-ring (bicyclic) bond motifs is 6. The van der Waals surface area contributed by atoms with Crippen molar-refractivity contribution in [3.63, 3.8) is 0 Å². The molecule has 2 atom stereocenters. The van der Waals surface area contributed by atoms with Crippen LogP contribution in [0.3, 0.4) is 0 Å². The number of furan rings is 2. The molecule has 11 heteroatoms. The van der Waals surface area contributed by atoms with Crippen LogP contribution in [0.4, 0.5) is 11.4 Å². The molecule has 9 rings (SSSR count). The summed E-state index contributed by atoms with van der Waals surface area (Å²) in [6, 6.07) is 48.2. The van der Waals surface area contributed by atoms with E-state index < -0.39 is 0 Å². The summed E-state index contributed by atoms with van der Waals surface area (Å²) in [6.45, 7) is 3.39. The van der Waals surface area contributed by atoms with E-state index in [-0.39, 0.29) is 26.0 Å². The van der Waals surface area contributed by atoms with Crippen LogP contribution in [0.25, 0.3) is 66.1 Å². The van der Waals surface area contributed by atoms with Crippen LogP contribution in [-0.2, 0) is 19.4 Å². The number of aliphatic hydroxyl groups excluding tert-OH is 2. The van der Waals surface area contributed by atoms with Crippen LogP contribution in [-0.4, -0.2) is 78.1 Å². The molecule has 0 spiro atoms. The molecular weight excluding hydrogens is 889 g/mol. The molecule has 0 saturated carbocycles. The van der Waals surface area contributed by atoms with Gasteiger partial charge in [-0.15, -0.1) is 0 Å². The third-order valence-corrected chi connectivity index (χ3v) is 11.6. The molecule has 8 aromatic rings. The zero-order valence-corrected chi connectivity index (χ0v) is 35.2. The molecule has 6 aromatic carbocycles. The van der Waals surface area contributed by atoms with Crippen LogP contribution >= 0.6 is 0 Å². The Kier molecular flexibility index (Phi) is 11.0. The Bertz CT molecular complexity index is 2510. The molecule has 2 N–H and O–H groups in total. The monoisotopic (exact) mass is 934 g/mol. The van der Waals surface area contributed by atoms with Gasteiger partial charge >= 0.3 is 304 Å². The van der Waals surface area contributed by atoms with Gasteiger partial charge in [0.1, 0.15) is 0 Å². The molecule has 1 aliphatic heterocycles. The number of hydrogen-bond donors (Lipinski definition) is 2. The fraction of sp³-hybridized carbons (Fsp3) is 0.196. The summed E-state index contributed by atoms with van der Waals surface area (Å²) in [5.41, 5.74) is 10.1. The maximum absolute atomic E-state index is 8.56. The van der Waals surface area contributed by atoms with E-state index in [2.05, 4.69) is 176 Å². The van der Waals surface area contributed by atoms with Crippen molar-refractivity contribution in [1.29, 1.82) is 0 Å². The number of benzene rings is 6. The Morgan fingerprint density at radius 2 is 1.07 bits per heavy atom. The second kappa shape index (κ2) is 16.1. The fourth-order valence-corrected chi connectivity index (χ4v) is 9.21. The van der Waals surface area contributed by atoms with Gasteiger partial charge in [0.05, 0.1) is 12.2 Å². The van der Waals surface area contributed by atoms with Crippen LogP contribution in [0.2, 0.25) is 0 Å². The van der Waals surface area contributed by atoms with Crippen molar-refractivity contribution in [2.24, 2.45) is 0 Å². The van der Waals surface area contributed by atoms with Crippen molar-refractivity contribution < 1.29 is 38.4 Å². The molecule has 1 aliphatic rings. The molecule has 0 bridgehead atoms. The van der Waals surface area contributed by atoms with Crippen LogP contribution in [0.1, 0.15) is 20.3 Å². The summed E-state index contributed by atoms with van der Waals surface area (Å²) in [6.07, 6.45) is -0.278. The first-order valence-electron chi connectivity index (χ1n) is 19.2. The van der Waals surface area contributed by atoms with Gasteiger partial charge in [-0.1, -0.05) is 0 Å². The standard InChI is InChI=1S/C41H33B2N4O2.C5H12O2.Pt/c1-44(2)42-43(45(3)4)47(31-25-21-29(22-26-31)33-14-10-16-37-35-12-6-8-18-39(35)49-41(33)37)27-46(42)30-23-19-28(20-24-30)32-13-9-15-36-34-11-5-7-17-38(34)48-40(32)36;1-4(6)3-5(2)7;/h5-25H,1-4H3;4-7H,3H2,1-2H3;/q-1;;. The Balaban J connectivity index is 0.000000598. The van der Waals surface area contributed by atoms with Crippen LogP contribution in [0, 0.1) is 6.07 Å². The van der Waals surface area contributed by atoms with E-state index in [0.717, 1.165) is 81.7 Å². The second-order valence-electron chi connectivity index (χ2n) is 15.2. The number of hydrogen-bond acceptors (Lipinski definition) is 8. The number of nitrogens with zero attached hydrogens (tertiary/aromatic N) is 4. The van der Waals surface area contributed by atoms with Crippen molar-refractivity contribution in [3.05, 3.63) is 133 Å². The summed E-state index contributed by atoms with van der Waals surface area (Å²) in [5.74, 6) is 0. The van der Waals surface area contributed by atoms with E-state index in [4.69, 9.17) is 19.0 Å². The average molecular weight is 935 g/mol. The molecule has 2 unspecified atom stereocenters. The quantitative estimate of drug-likeness (QED) is 0.116. The molecule has 8 nitrogen and oxygen atoms in total. The third-order valence-electron chi connectivity index (χ3n) is 10.5. The van der Waals surface area contributed by atoms with Crippen LogP contribution in [0.5, 0.6) is 0 Å². The van der Waals surface area contributed by atoms with E-state index in [1.165, 1.54) is 0 Å². The molecule has 57 heavy (non-hydrogen) atoms. The minimum atomic E-state index is -0.375. The summed E-state index contributed by atoms with van der Waals surface area (Å²) in [7, 11) is 8.60. The normalized spacial score (nSPS) is 14.5. The van der Waals surface area contributed by atoms with E-state index in [0.29, 0.717) is 6.42 Å². The van der Waals surface area contributed by atoms with Crippen molar-refractivity contribution in [3.8, 4) is 22.3 Å². The summed E-state index contributed by atoms with van der Waals surface area (Å²) in [5, 5.41) is 21.7. The van der Waals surface area contributed by atoms with Crippen LogP contribution in [0.15, 0.2) is 136 Å². The predicted molar refractivity (Wildman–Crippen MR) is 234 cm³/mol. The first-order chi connectivity index (χ1) is 27.5. The zero-order chi connectivity index (χ0) is 40.0. The maximum atomic E-state index is 8.56. The van der Waals surface area contributed by atoms with E-state index in [1.807, 2.05) is 24.3 Å². The van der Waals surface area contributed by atoms with Gasteiger partial charge in [-0.3, -0.25) is 0 Å². The average Bonchev–Trinajstić information content (AvgIpc) is 3.87. The van der Waals surface area contributed by atoms with Gasteiger partial charge in [-0.25, -0.2) is 0 Å². The molecule has 1 saturated heterocycles. The van der Waals surface area contributed by atoms with Gasteiger partial charge in [-0.2, -0.15) is 0 Å². The van der Waals surface area contributed by atoms with Gasteiger partial charge in [0.25, 0.3) is 0 Å².